The van der Waals surface area contributed by atoms with Crippen LogP contribution in [0.25, 0.3) is 22.1 Å². The van der Waals surface area contributed by atoms with Crippen LogP contribution in [-0.2, 0) is 67.3 Å². The summed E-state index contributed by atoms with van der Waals surface area (Å²) in [5.74, 6) is 2.51. The SMILES string of the molecule is CCc1n(C)c2ccccc2[n+]1C.CCc1nc2ccccc2n1C.COS(=O)(=O)OC.COS(=O)(=O)[O-]. The Hall–Kier alpha value is -2.88. The maximum Gasteiger partial charge on any atom is 0.399 e. The van der Waals surface area contributed by atoms with E-state index in [1.54, 1.807) is 0 Å². The van der Waals surface area contributed by atoms with E-state index >= 15 is 0 Å². The van der Waals surface area contributed by atoms with Crippen molar-refractivity contribution in [3.8, 4) is 0 Å². The number of nitrogens with zero attached hydrogens (tertiary/aromatic N) is 4. The third-order valence-electron chi connectivity index (χ3n) is 5.50. The largest absolute Gasteiger partial charge is 0.726 e. The molecule has 212 valence electrons. The fourth-order valence-electron chi connectivity index (χ4n) is 3.59. The van der Waals surface area contributed by atoms with Crippen molar-refractivity contribution in [3.05, 3.63) is 60.2 Å². The average molecular weight is 573 g/mol. The molecule has 2 heterocycles. The van der Waals surface area contributed by atoms with E-state index in [2.05, 4.69) is 103 Å². The number of benzene rings is 2. The number of aryl methyl sites for hydroxylation is 4. The lowest BCUT2D eigenvalue weighted by Gasteiger charge is -1.98. The number of fused-ring (bicyclic) bond motifs is 2. The van der Waals surface area contributed by atoms with Gasteiger partial charge in [-0.05, 0) is 24.3 Å². The molecule has 4 aromatic rings. The zero-order chi connectivity index (χ0) is 29.1. The van der Waals surface area contributed by atoms with Gasteiger partial charge in [-0.3, -0.25) is 12.5 Å². The Labute approximate surface area is 224 Å². The molecule has 0 aliphatic carbocycles. The van der Waals surface area contributed by atoms with Crippen LogP contribution in [0, 0.1) is 0 Å². The Morgan fingerprint density at radius 3 is 1.71 bits per heavy atom. The molecule has 2 aromatic carbocycles. The topological polar surface area (TPSA) is 146 Å². The molecule has 2 aromatic heterocycles. The number of imidazole rings is 2. The first-order valence-electron chi connectivity index (χ1n) is 11.5. The van der Waals surface area contributed by atoms with Crippen molar-refractivity contribution < 1.29 is 38.5 Å². The maximum atomic E-state index is 9.92. The van der Waals surface area contributed by atoms with Gasteiger partial charge in [-0.15, -0.1) is 0 Å². The number of hydrogen-bond acceptors (Lipinski definition) is 9. The van der Waals surface area contributed by atoms with Gasteiger partial charge in [-0.2, -0.15) is 8.42 Å². The second kappa shape index (κ2) is 14.9. The summed E-state index contributed by atoms with van der Waals surface area (Å²) in [5, 5.41) is 0. The molecule has 0 saturated carbocycles. The molecular formula is C24H36N4O8S2. The van der Waals surface area contributed by atoms with Gasteiger partial charge in [0.2, 0.25) is 10.4 Å². The number of aromatic nitrogens is 4. The third-order valence-corrected chi connectivity index (χ3v) is 6.73. The molecule has 0 aliphatic heterocycles. The van der Waals surface area contributed by atoms with Gasteiger partial charge in [-0.1, -0.05) is 38.1 Å². The minimum Gasteiger partial charge on any atom is -0.726 e. The summed E-state index contributed by atoms with van der Waals surface area (Å²) in [6.07, 6.45) is 2.06. The predicted octanol–water partition coefficient (Wildman–Crippen LogP) is 2.32. The average Bonchev–Trinajstić information content (AvgIpc) is 3.37. The lowest BCUT2D eigenvalue weighted by Crippen LogP contribution is -2.32. The number of hydrogen-bond donors (Lipinski definition) is 0. The van der Waals surface area contributed by atoms with E-state index in [-0.39, 0.29) is 0 Å². The van der Waals surface area contributed by atoms with E-state index in [1.165, 1.54) is 22.4 Å². The van der Waals surface area contributed by atoms with Gasteiger partial charge in [0.05, 0.1) is 46.5 Å². The van der Waals surface area contributed by atoms with Crippen LogP contribution < -0.4 is 4.57 Å². The fourth-order valence-corrected chi connectivity index (χ4v) is 3.72. The summed E-state index contributed by atoms with van der Waals surface area (Å²) in [4.78, 5) is 4.49. The first-order chi connectivity index (χ1) is 17.8. The van der Waals surface area contributed by atoms with Crippen molar-refractivity contribution in [2.75, 3.05) is 21.3 Å². The molecule has 14 heteroatoms. The highest BCUT2D eigenvalue weighted by Gasteiger charge is 2.16. The van der Waals surface area contributed by atoms with Gasteiger partial charge < -0.3 is 9.12 Å². The van der Waals surface area contributed by atoms with Crippen LogP contribution >= 0.6 is 0 Å². The van der Waals surface area contributed by atoms with Gasteiger partial charge in [-0.25, -0.2) is 22.5 Å². The molecule has 0 bridgehead atoms. The quantitative estimate of drug-likeness (QED) is 0.200. The molecule has 4 rings (SSSR count). The summed E-state index contributed by atoms with van der Waals surface area (Å²) in [6.45, 7) is 4.31. The molecule has 0 fully saturated rings. The molecule has 0 N–H and O–H groups in total. The number of para-hydroxylation sites is 4. The van der Waals surface area contributed by atoms with E-state index < -0.39 is 20.8 Å². The lowest BCUT2D eigenvalue weighted by molar-refractivity contribution is -0.653. The van der Waals surface area contributed by atoms with Crippen molar-refractivity contribution in [1.82, 2.24) is 14.1 Å². The molecule has 38 heavy (non-hydrogen) atoms. The van der Waals surface area contributed by atoms with E-state index in [4.69, 9.17) is 0 Å². The van der Waals surface area contributed by atoms with Gasteiger partial charge in [0, 0.05) is 19.9 Å². The third kappa shape index (κ3) is 9.45. The Kier molecular flexibility index (Phi) is 13.0. The van der Waals surface area contributed by atoms with E-state index in [0.29, 0.717) is 0 Å². The zero-order valence-electron chi connectivity index (χ0n) is 22.9. The summed E-state index contributed by atoms with van der Waals surface area (Å²) >= 11 is 0. The molecule has 0 spiro atoms. The smallest absolute Gasteiger partial charge is 0.399 e. The molecule has 0 radical (unpaired) electrons. The summed E-state index contributed by atoms with van der Waals surface area (Å²) in [7, 11) is 1.11. The monoisotopic (exact) mass is 572 g/mol. The summed E-state index contributed by atoms with van der Waals surface area (Å²) in [6, 6.07) is 16.7. The van der Waals surface area contributed by atoms with E-state index in [0.717, 1.165) is 45.5 Å². The van der Waals surface area contributed by atoms with E-state index in [9.17, 15) is 21.4 Å². The molecule has 0 saturated heterocycles. The van der Waals surface area contributed by atoms with Crippen LogP contribution in [0.3, 0.4) is 0 Å². The Bertz CT molecular complexity index is 1480. The van der Waals surface area contributed by atoms with Crippen LogP contribution in [-0.4, -0.2) is 56.8 Å². The molecule has 0 atom stereocenters. The van der Waals surface area contributed by atoms with Crippen molar-refractivity contribution in [1.29, 1.82) is 0 Å². The van der Waals surface area contributed by atoms with Gasteiger partial charge in [0.15, 0.2) is 11.0 Å². The van der Waals surface area contributed by atoms with Crippen molar-refractivity contribution in [3.63, 3.8) is 0 Å². The Morgan fingerprint density at radius 2 is 1.32 bits per heavy atom. The fraction of sp³-hybridized carbons (Fsp3) is 0.417. The normalized spacial score (nSPS) is 11.2. The van der Waals surface area contributed by atoms with Crippen LogP contribution in [0.1, 0.15) is 25.5 Å². The molecule has 0 unspecified atom stereocenters. The van der Waals surface area contributed by atoms with Crippen molar-refractivity contribution >= 4 is 42.9 Å². The zero-order valence-corrected chi connectivity index (χ0v) is 24.5. The molecule has 0 aliphatic rings. The van der Waals surface area contributed by atoms with Crippen LogP contribution in [0.4, 0.5) is 0 Å². The standard InChI is InChI=1S/C11H15N2.C10H12N2.C2H6O4S.CH4O4S/c1-4-11-12(2)9-7-5-6-8-10(9)13(11)3;1-3-10-11-8-6-4-5-7-9(8)12(10)2;1-5-7(3,4)6-2;1-5-6(2,3)4/h5-8H,4H2,1-3H3;4-7H,3H2,1-2H3;1-2H3;1H3,(H,2,3,4)/q+1;;;/p-1. The van der Waals surface area contributed by atoms with Gasteiger partial charge in [0.1, 0.15) is 5.82 Å². The highest BCUT2D eigenvalue weighted by atomic mass is 32.3. The highest BCUT2D eigenvalue weighted by Crippen LogP contribution is 2.14. The minimum absolute atomic E-state index is 0.808. The van der Waals surface area contributed by atoms with Crippen molar-refractivity contribution in [2.24, 2.45) is 21.1 Å². The molecule has 0 amide bonds. The highest BCUT2D eigenvalue weighted by molar-refractivity contribution is 7.81. The lowest BCUT2D eigenvalue weighted by atomic mass is 10.3. The second-order valence-corrected chi connectivity index (χ2v) is 10.3. The van der Waals surface area contributed by atoms with Crippen LogP contribution in [0.15, 0.2) is 48.5 Å². The van der Waals surface area contributed by atoms with Gasteiger partial charge >= 0.3 is 10.4 Å². The van der Waals surface area contributed by atoms with Crippen molar-refractivity contribution in [2.45, 2.75) is 26.7 Å². The summed E-state index contributed by atoms with van der Waals surface area (Å²) in [5.41, 5.74) is 4.93. The van der Waals surface area contributed by atoms with Crippen LogP contribution in [0.5, 0.6) is 0 Å². The first kappa shape index (κ1) is 33.1. The predicted molar refractivity (Wildman–Crippen MR) is 143 cm³/mol. The minimum atomic E-state index is -4.41. The molecular weight excluding hydrogens is 536 g/mol. The summed E-state index contributed by atoms with van der Waals surface area (Å²) < 4.78 is 65.2. The first-order valence-corrected chi connectivity index (χ1v) is 14.1. The second-order valence-electron chi connectivity index (χ2n) is 7.62. The van der Waals surface area contributed by atoms with Gasteiger partial charge in [0.25, 0.3) is 5.82 Å². The Morgan fingerprint density at radius 1 is 0.816 bits per heavy atom. The molecule has 12 nitrogen and oxygen atoms in total. The maximum absolute atomic E-state index is 9.92. The Balaban J connectivity index is 0.000000268. The van der Waals surface area contributed by atoms with E-state index in [1.807, 2.05) is 12.1 Å². The van der Waals surface area contributed by atoms with Crippen LogP contribution in [0.2, 0.25) is 0 Å². The number of rotatable bonds is 5.